The van der Waals surface area contributed by atoms with Crippen LogP contribution in [0.5, 0.6) is 11.5 Å². The van der Waals surface area contributed by atoms with Crippen molar-refractivity contribution in [2.75, 3.05) is 24.8 Å². The van der Waals surface area contributed by atoms with Gasteiger partial charge in [-0.3, -0.25) is 4.90 Å². The SMILES string of the molecule is C[C@H]1CN(c2ccccc2)CC(C)(C)N1Cc1ccc2c(c1)OCO2. The Morgan fingerprint density at radius 2 is 1.80 bits per heavy atom. The summed E-state index contributed by atoms with van der Waals surface area (Å²) in [6, 6.07) is 17.5. The first-order chi connectivity index (χ1) is 12.0. The summed E-state index contributed by atoms with van der Waals surface area (Å²) in [5.41, 5.74) is 2.67. The molecule has 2 aromatic carbocycles. The Bertz CT molecular complexity index is 745. The zero-order valence-electron chi connectivity index (χ0n) is 15.2. The number of hydrogen-bond donors (Lipinski definition) is 0. The topological polar surface area (TPSA) is 24.9 Å². The van der Waals surface area contributed by atoms with E-state index in [-0.39, 0.29) is 5.54 Å². The summed E-state index contributed by atoms with van der Waals surface area (Å²) in [5, 5.41) is 0. The molecule has 0 bridgehead atoms. The summed E-state index contributed by atoms with van der Waals surface area (Å²) in [5.74, 6) is 1.72. The fourth-order valence-electron chi connectivity index (χ4n) is 4.08. The van der Waals surface area contributed by atoms with E-state index in [1.54, 1.807) is 0 Å². The minimum Gasteiger partial charge on any atom is -0.454 e. The van der Waals surface area contributed by atoms with Crippen molar-refractivity contribution >= 4 is 5.69 Å². The van der Waals surface area contributed by atoms with Gasteiger partial charge < -0.3 is 14.4 Å². The Hall–Kier alpha value is -2.20. The number of benzene rings is 2. The Kier molecular flexibility index (Phi) is 4.08. The summed E-state index contributed by atoms with van der Waals surface area (Å²) in [6.45, 7) is 10.3. The van der Waals surface area contributed by atoms with E-state index in [4.69, 9.17) is 9.47 Å². The number of hydrogen-bond acceptors (Lipinski definition) is 4. The number of anilines is 1. The smallest absolute Gasteiger partial charge is 0.231 e. The summed E-state index contributed by atoms with van der Waals surface area (Å²) in [6.07, 6.45) is 0. The predicted molar refractivity (Wildman–Crippen MR) is 100 cm³/mol. The Labute approximate surface area is 150 Å². The molecule has 0 unspecified atom stereocenters. The third-order valence-corrected chi connectivity index (χ3v) is 5.28. The van der Waals surface area contributed by atoms with Crippen molar-refractivity contribution in [2.24, 2.45) is 0 Å². The Morgan fingerprint density at radius 1 is 1.04 bits per heavy atom. The van der Waals surface area contributed by atoms with Crippen LogP contribution in [0.25, 0.3) is 0 Å². The second-order valence-electron chi connectivity index (χ2n) is 7.69. The molecule has 0 radical (unpaired) electrons. The van der Waals surface area contributed by atoms with Crippen molar-refractivity contribution in [2.45, 2.75) is 38.9 Å². The van der Waals surface area contributed by atoms with Crippen molar-refractivity contribution in [3.63, 3.8) is 0 Å². The van der Waals surface area contributed by atoms with Crippen molar-refractivity contribution in [3.05, 3.63) is 54.1 Å². The minimum absolute atomic E-state index is 0.0872. The first-order valence-corrected chi connectivity index (χ1v) is 8.98. The molecule has 0 amide bonds. The number of nitrogens with zero attached hydrogens (tertiary/aromatic N) is 2. The summed E-state index contributed by atoms with van der Waals surface area (Å²) in [4.78, 5) is 5.10. The van der Waals surface area contributed by atoms with Crippen molar-refractivity contribution in [1.29, 1.82) is 0 Å². The molecule has 1 saturated heterocycles. The maximum absolute atomic E-state index is 5.53. The molecule has 0 N–H and O–H groups in total. The monoisotopic (exact) mass is 338 g/mol. The van der Waals surface area contributed by atoms with Crippen LogP contribution < -0.4 is 14.4 Å². The summed E-state index contributed by atoms with van der Waals surface area (Å²) in [7, 11) is 0. The van der Waals surface area contributed by atoms with Gasteiger partial charge in [-0.2, -0.15) is 0 Å². The zero-order valence-corrected chi connectivity index (χ0v) is 15.2. The molecule has 132 valence electrons. The molecule has 2 aliphatic heterocycles. The first-order valence-electron chi connectivity index (χ1n) is 8.98. The molecule has 2 heterocycles. The molecule has 1 atom stereocenters. The molecule has 4 nitrogen and oxygen atoms in total. The van der Waals surface area contributed by atoms with E-state index < -0.39 is 0 Å². The predicted octanol–water partition coefficient (Wildman–Crippen LogP) is 3.90. The summed E-state index contributed by atoms with van der Waals surface area (Å²) >= 11 is 0. The number of para-hydroxylation sites is 1. The van der Waals surface area contributed by atoms with Crippen LogP contribution in [0, 0.1) is 0 Å². The lowest BCUT2D eigenvalue weighted by atomic mass is 9.93. The van der Waals surface area contributed by atoms with Gasteiger partial charge >= 0.3 is 0 Å². The largest absolute Gasteiger partial charge is 0.454 e. The molecule has 0 aliphatic carbocycles. The number of piperazine rings is 1. The average molecular weight is 338 g/mol. The van der Waals surface area contributed by atoms with Gasteiger partial charge in [-0.15, -0.1) is 0 Å². The van der Waals surface area contributed by atoms with Crippen molar-refractivity contribution in [3.8, 4) is 11.5 Å². The number of fused-ring (bicyclic) bond motifs is 1. The van der Waals surface area contributed by atoms with Gasteiger partial charge in [0.25, 0.3) is 0 Å². The normalized spacial score (nSPS) is 22.2. The number of rotatable bonds is 3. The molecule has 2 aromatic rings. The highest BCUT2D eigenvalue weighted by atomic mass is 16.7. The van der Waals surface area contributed by atoms with E-state index in [2.05, 4.69) is 73.0 Å². The fraction of sp³-hybridized carbons (Fsp3) is 0.429. The molecule has 2 aliphatic rings. The molecule has 25 heavy (non-hydrogen) atoms. The van der Waals surface area contributed by atoms with E-state index in [0.717, 1.165) is 31.1 Å². The van der Waals surface area contributed by atoms with E-state index in [1.165, 1.54) is 11.3 Å². The van der Waals surface area contributed by atoms with Gasteiger partial charge in [-0.1, -0.05) is 24.3 Å². The van der Waals surface area contributed by atoms with Crippen LogP contribution in [-0.4, -0.2) is 36.4 Å². The lowest BCUT2D eigenvalue weighted by Crippen LogP contribution is -2.62. The molecule has 1 fully saturated rings. The van der Waals surface area contributed by atoms with E-state index >= 15 is 0 Å². The molecule has 0 aromatic heterocycles. The third kappa shape index (κ3) is 3.19. The van der Waals surface area contributed by atoms with Gasteiger partial charge in [0, 0.05) is 36.9 Å². The Balaban J connectivity index is 1.52. The molecule has 4 rings (SSSR count). The van der Waals surface area contributed by atoms with Gasteiger partial charge in [-0.05, 0) is 50.6 Å². The quantitative estimate of drug-likeness (QED) is 0.847. The van der Waals surface area contributed by atoms with Crippen LogP contribution in [0.1, 0.15) is 26.3 Å². The molecular formula is C21H26N2O2. The second-order valence-corrected chi connectivity index (χ2v) is 7.69. The van der Waals surface area contributed by atoms with Crippen LogP contribution >= 0.6 is 0 Å². The van der Waals surface area contributed by atoms with Crippen molar-refractivity contribution < 1.29 is 9.47 Å². The highest BCUT2D eigenvalue weighted by Gasteiger charge is 2.38. The number of ether oxygens (including phenoxy) is 2. The molecule has 4 heteroatoms. The van der Waals surface area contributed by atoms with E-state index in [1.807, 2.05) is 6.07 Å². The maximum Gasteiger partial charge on any atom is 0.231 e. The lowest BCUT2D eigenvalue weighted by molar-refractivity contribution is 0.0505. The third-order valence-electron chi connectivity index (χ3n) is 5.28. The highest BCUT2D eigenvalue weighted by Crippen LogP contribution is 2.35. The van der Waals surface area contributed by atoms with Crippen LogP contribution in [-0.2, 0) is 6.54 Å². The van der Waals surface area contributed by atoms with E-state index in [9.17, 15) is 0 Å². The van der Waals surface area contributed by atoms with E-state index in [0.29, 0.717) is 12.8 Å². The fourth-order valence-corrected chi connectivity index (χ4v) is 4.08. The molecule has 0 spiro atoms. The van der Waals surface area contributed by atoms with Crippen LogP contribution in [0.2, 0.25) is 0 Å². The zero-order chi connectivity index (χ0) is 17.4. The first kappa shape index (κ1) is 16.3. The molecule has 0 saturated carbocycles. The van der Waals surface area contributed by atoms with Gasteiger partial charge in [0.2, 0.25) is 6.79 Å². The van der Waals surface area contributed by atoms with Gasteiger partial charge in [0.1, 0.15) is 0 Å². The van der Waals surface area contributed by atoms with Crippen LogP contribution in [0.4, 0.5) is 5.69 Å². The Morgan fingerprint density at radius 3 is 2.56 bits per heavy atom. The second kappa shape index (κ2) is 6.26. The lowest BCUT2D eigenvalue weighted by Gasteiger charge is -2.51. The maximum atomic E-state index is 5.53. The van der Waals surface area contributed by atoms with Gasteiger partial charge in [0.15, 0.2) is 11.5 Å². The van der Waals surface area contributed by atoms with Crippen LogP contribution in [0.15, 0.2) is 48.5 Å². The van der Waals surface area contributed by atoms with Crippen LogP contribution in [0.3, 0.4) is 0 Å². The van der Waals surface area contributed by atoms with Gasteiger partial charge in [-0.25, -0.2) is 0 Å². The summed E-state index contributed by atoms with van der Waals surface area (Å²) < 4.78 is 11.0. The standard InChI is InChI=1S/C21H26N2O2/c1-16-12-22(18-7-5-4-6-8-18)14-21(2,3)23(16)13-17-9-10-19-20(11-17)25-15-24-19/h4-11,16H,12-15H2,1-3H3/t16-/m0/s1. The van der Waals surface area contributed by atoms with Crippen molar-refractivity contribution in [1.82, 2.24) is 4.90 Å². The minimum atomic E-state index is 0.0872. The van der Waals surface area contributed by atoms with Gasteiger partial charge in [0.05, 0.1) is 0 Å². The molecular weight excluding hydrogens is 312 g/mol. The highest BCUT2D eigenvalue weighted by molar-refractivity contribution is 5.48. The average Bonchev–Trinajstić information content (AvgIpc) is 3.06.